The molecule has 1 aromatic heterocycles. The van der Waals surface area contributed by atoms with E-state index in [-0.39, 0.29) is 17.9 Å². The van der Waals surface area contributed by atoms with E-state index in [1.54, 1.807) is 0 Å². The molecule has 1 aromatic rings. The number of aliphatic hydroxyl groups is 1. The first-order valence-corrected chi connectivity index (χ1v) is 4.13. The Morgan fingerprint density at radius 1 is 1.54 bits per heavy atom. The summed E-state index contributed by atoms with van der Waals surface area (Å²) in [6.45, 7) is 5.96. The van der Waals surface area contributed by atoms with Crippen molar-refractivity contribution in [2.45, 2.75) is 32.4 Å². The van der Waals surface area contributed by atoms with Crippen molar-refractivity contribution in [3.63, 3.8) is 0 Å². The van der Waals surface area contributed by atoms with Crippen molar-refractivity contribution in [1.29, 1.82) is 0 Å². The first-order valence-electron chi connectivity index (χ1n) is 4.13. The molecule has 0 fully saturated rings. The molecule has 0 bridgehead atoms. The lowest BCUT2D eigenvalue weighted by molar-refractivity contribution is 0.175. The van der Waals surface area contributed by atoms with Gasteiger partial charge in [-0.05, 0) is 26.0 Å². The topological polar surface area (TPSA) is 89.8 Å². The smallest absolute Gasteiger partial charge is 0.204 e. The third-order valence-corrected chi connectivity index (χ3v) is 1.55. The Kier molecular flexibility index (Phi) is 2.63. The van der Waals surface area contributed by atoms with Gasteiger partial charge in [0.15, 0.2) is 0 Å². The molecule has 0 spiro atoms. The highest BCUT2D eigenvalue weighted by Crippen LogP contribution is 2.11. The number of hydrogen-bond acceptors (Lipinski definition) is 5. The van der Waals surface area contributed by atoms with Crippen LogP contribution in [0.3, 0.4) is 0 Å². The van der Waals surface area contributed by atoms with E-state index in [4.69, 9.17) is 5.73 Å². The molecule has 1 rings (SSSR count). The molecule has 1 atom stereocenters. The molecular formula is C7H15N5O. The van der Waals surface area contributed by atoms with E-state index in [1.807, 2.05) is 20.8 Å². The molecule has 0 unspecified atom stereocenters. The molecule has 0 radical (unpaired) electrons. The number of aromatic nitrogens is 4. The van der Waals surface area contributed by atoms with Crippen molar-refractivity contribution in [3.8, 4) is 0 Å². The average molecular weight is 185 g/mol. The van der Waals surface area contributed by atoms with Gasteiger partial charge >= 0.3 is 0 Å². The van der Waals surface area contributed by atoms with Gasteiger partial charge in [0.2, 0.25) is 5.82 Å². The van der Waals surface area contributed by atoms with Crippen molar-refractivity contribution >= 4 is 0 Å². The Labute approximate surface area is 76.7 Å². The van der Waals surface area contributed by atoms with Crippen LogP contribution in [0.25, 0.3) is 0 Å². The van der Waals surface area contributed by atoms with E-state index in [2.05, 4.69) is 15.4 Å². The molecule has 6 nitrogen and oxygen atoms in total. The van der Waals surface area contributed by atoms with E-state index in [1.165, 1.54) is 4.80 Å². The maximum Gasteiger partial charge on any atom is 0.204 e. The fraction of sp³-hybridized carbons (Fsp3) is 0.857. The summed E-state index contributed by atoms with van der Waals surface area (Å²) in [5.41, 5.74) is 5.03. The molecule has 0 aromatic carbocycles. The number of nitrogens with two attached hydrogens (primary N) is 1. The van der Waals surface area contributed by atoms with Crippen LogP contribution in [0.4, 0.5) is 0 Å². The second-order valence-electron chi connectivity index (χ2n) is 3.86. The van der Waals surface area contributed by atoms with Crippen LogP contribution in [-0.4, -0.2) is 31.9 Å². The number of tetrazole rings is 1. The van der Waals surface area contributed by atoms with Crippen LogP contribution in [0, 0.1) is 0 Å². The van der Waals surface area contributed by atoms with E-state index >= 15 is 0 Å². The Hall–Kier alpha value is -1.01. The van der Waals surface area contributed by atoms with E-state index in [0.29, 0.717) is 0 Å². The summed E-state index contributed by atoms with van der Waals surface area (Å²) < 4.78 is 0. The maximum absolute atomic E-state index is 9.30. The van der Waals surface area contributed by atoms with Crippen LogP contribution < -0.4 is 5.73 Å². The molecule has 3 N–H and O–H groups in total. The van der Waals surface area contributed by atoms with Crippen LogP contribution >= 0.6 is 0 Å². The molecular weight excluding hydrogens is 170 g/mol. The third kappa shape index (κ3) is 2.22. The molecule has 74 valence electrons. The second kappa shape index (κ2) is 3.39. The maximum atomic E-state index is 9.30. The quantitative estimate of drug-likeness (QED) is 0.643. The number of rotatable bonds is 2. The van der Waals surface area contributed by atoms with E-state index in [9.17, 15) is 5.11 Å². The minimum Gasteiger partial charge on any atom is -0.384 e. The zero-order valence-electron chi connectivity index (χ0n) is 8.10. The van der Waals surface area contributed by atoms with Gasteiger partial charge in [-0.25, -0.2) is 0 Å². The molecule has 0 amide bonds. The van der Waals surface area contributed by atoms with Crippen LogP contribution in [0.15, 0.2) is 0 Å². The van der Waals surface area contributed by atoms with Crippen molar-refractivity contribution in [3.05, 3.63) is 5.82 Å². The zero-order chi connectivity index (χ0) is 10.1. The first-order chi connectivity index (χ1) is 5.95. The average Bonchev–Trinajstić information content (AvgIpc) is 2.50. The van der Waals surface area contributed by atoms with E-state index < -0.39 is 6.10 Å². The lowest BCUT2D eigenvalue weighted by atomic mass is 10.1. The van der Waals surface area contributed by atoms with Crippen molar-refractivity contribution in [1.82, 2.24) is 20.2 Å². The van der Waals surface area contributed by atoms with Gasteiger partial charge in [-0.1, -0.05) is 0 Å². The summed E-state index contributed by atoms with van der Waals surface area (Å²) in [5.74, 6) is 0.275. The van der Waals surface area contributed by atoms with Crippen LogP contribution in [-0.2, 0) is 5.54 Å². The van der Waals surface area contributed by atoms with Gasteiger partial charge in [0.05, 0.1) is 5.54 Å². The Morgan fingerprint density at radius 3 is 2.54 bits per heavy atom. The third-order valence-electron chi connectivity index (χ3n) is 1.55. The van der Waals surface area contributed by atoms with Gasteiger partial charge in [0.1, 0.15) is 6.10 Å². The Morgan fingerprint density at radius 2 is 2.15 bits per heavy atom. The lowest BCUT2D eigenvalue weighted by Gasteiger charge is -2.15. The largest absolute Gasteiger partial charge is 0.384 e. The number of aliphatic hydroxyl groups excluding tert-OH is 1. The molecule has 0 aliphatic rings. The van der Waals surface area contributed by atoms with E-state index in [0.717, 1.165) is 0 Å². The van der Waals surface area contributed by atoms with Crippen molar-refractivity contribution < 1.29 is 5.11 Å². The van der Waals surface area contributed by atoms with Gasteiger partial charge in [0, 0.05) is 6.54 Å². The van der Waals surface area contributed by atoms with Crippen LogP contribution in [0.1, 0.15) is 32.7 Å². The molecule has 0 aliphatic heterocycles. The molecule has 6 heteroatoms. The fourth-order valence-corrected chi connectivity index (χ4v) is 0.748. The SMILES string of the molecule is CC(C)(C)n1nnc([C@H](O)CN)n1. The molecule has 0 aliphatic carbocycles. The van der Waals surface area contributed by atoms with Crippen molar-refractivity contribution in [2.24, 2.45) is 5.73 Å². The van der Waals surface area contributed by atoms with Crippen LogP contribution in [0.2, 0.25) is 0 Å². The summed E-state index contributed by atoms with van der Waals surface area (Å²) >= 11 is 0. The second-order valence-corrected chi connectivity index (χ2v) is 3.86. The summed E-state index contributed by atoms with van der Waals surface area (Å²) in [5, 5.41) is 20.8. The first kappa shape index (κ1) is 10.1. The Balaban J connectivity index is 2.87. The minimum atomic E-state index is -0.823. The predicted octanol–water partition coefficient (Wildman–Crippen LogP) is -0.580. The Bertz CT molecular complexity index is 277. The minimum absolute atomic E-state index is 0.107. The summed E-state index contributed by atoms with van der Waals surface area (Å²) in [4.78, 5) is 1.46. The monoisotopic (exact) mass is 185 g/mol. The normalized spacial score (nSPS) is 14.5. The standard InChI is InChI=1S/C7H15N5O/c1-7(2,3)12-10-6(9-11-12)5(13)4-8/h5,13H,4,8H2,1-3H3/t5-/m1/s1. The summed E-state index contributed by atoms with van der Waals surface area (Å²) in [6, 6.07) is 0. The molecule has 13 heavy (non-hydrogen) atoms. The number of hydrogen-bond donors (Lipinski definition) is 2. The van der Waals surface area contributed by atoms with Gasteiger partial charge < -0.3 is 10.8 Å². The van der Waals surface area contributed by atoms with Gasteiger partial charge in [0.25, 0.3) is 0 Å². The van der Waals surface area contributed by atoms with Gasteiger partial charge in [-0.15, -0.1) is 10.2 Å². The zero-order valence-corrected chi connectivity index (χ0v) is 8.10. The summed E-state index contributed by atoms with van der Waals surface area (Å²) in [6.07, 6.45) is -0.823. The van der Waals surface area contributed by atoms with Gasteiger partial charge in [-0.2, -0.15) is 4.80 Å². The number of nitrogens with zero attached hydrogens (tertiary/aromatic N) is 4. The highest BCUT2D eigenvalue weighted by Gasteiger charge is 2.19. The highest BCUT2D eigenvalue weighted by atomic mass is 16.3. The predicted molar refractivity (Wildman–Crippen MR) is 46.8 cm³/mol. The fourth-order valence-electron chi connectivity index (χ4n) is 0.748. The molecule has 1 heterocycles. The van der Waals surface area contributed by atoms with Crippen LogP contribution in [0.5, 0.6) is 0 Å². The molecule has 0 saturated heterocycles. The summed E-state index contributed by atoms with van der Waals surface area (Å²) in [7, 11) is 0. The highest BCUT2D eigenvalue weighted by molar-refractivity contribution is 4.85. The molecule has 0 saturated carbocycles. The lowest BCUT2D eigenvalue weighted by Crippen LogP contribution is -2.25. The van der Waals surface area contributed by atoms with Gasteiger partial charge in [-0.3, -0.25) is 0 Å². The van der Waals surface area contributed by atoms with Crippen molar-refractivity contribution in [2.75, 3.05) is 6.54 Å².